The zero-order valence-corrected chi connectivity index (χ0v) is 14.2. The molecule has 0 aliphatic rings. The van der Waals surface area contributed by atoms with Crippen LogP contribution in [-0.4, -0.2) is 35.4 Å². The van der Waals surface area contributed by atoms with E-state index in [9.17, 15) is 14.4 Å². The van der Waals surface area contributed by atoms with Gasteiger partial charge in [0.1, 0.15) is 6.04 Å². The van der Waals surface area contributed by atoms with Crippen molar-refractivity contribution in [3.05, 3.63) is 42.1 Å². The molecule has 0 radical (unpaired) electrons. The molecule has 0 bridgehead atoms. The first-order chi connectivity index (χ1) is 11.9. The Balaban J connectivity index is 2.20. The highest BCUT2D eigenvalue weighted by molar-refractivity contribution is 6.07. The van der Waals surface area contributed by atoms with Crippen molar-refractivity contribution in [1.29, 1.82) is 0 Å². The van der Waals surface area contributed by atoms with Gasteiger partial charge in [0, 0.05) is 11.6 Å². The van der Waals surface area contributed by atoms with Gasteiger partial charge in [-0.25, -0.2) is 0 Å². The second kappa shape index (κ2) is 8.23. The summed E-state index contributed by atoms with van der Waals surface area (Å²) in [5.74, 6) is -2.08. The summed E-state index contributed by atoms with van der Waals surface area (Å²) in [5, 5.41) is 3.29. The molecule has 7 heteroatoms. The van der Waals surface area contributed by atoms with E-state index in [0.717, 1.165) is 0 Å². The Labute approximate surface area is 145 Å². The first-order valence-corrected chi connectivity index (χ1v) is 8.03. The van der Waals surface area contributed by atoms with Crippen LogP contribution >= 0.6 is 0 Å². The fourth-order valence-electron chi connectivity index (χ4n) is 2.61. The van der Waals surface area contributed by atoms with Crippen molar-refractivity contribution < 1.29 is 19.1 Å². The molecule has 2 aromatic rings. The van der Waals surface area contributed by atoms with Crippen molar-refractivity contribution in [1.82, 2.24) is 10.3 Å². The van der Waals surface area contributed by atoms with Crippen molar-refractivity contribution in [2.24, 2.45) is 11.7 Å². The van der Waals surface area contributed by atoms with Crippen LogP contribution in [0.3, 0.4) is 0 Å². The summed E-state index contributed by atoms with van der Waals surface area (Å²) in [6.45, 7) is 3.61. The number of esters is 1. The zero-order valence-electron chi connectivity index (χ0n) is 14.2. The van der Waals surface area contributed by atoms with E-state index < -0.39 is 29.7 Å². The standard InChI is InChI=1S/C18H21N3O4/c1-3-25-15(22)10-11(2)16(17(19)23)21-18(24)13-8-9-20-14-7-5-4-6-12(13)14/h4-9,11,16H,3,10H2,1-2H3,(H2,19,23)(H,21,24)/t11-,16-/m1/s1. The Hall–Kier alpha value is -2.96. The van der Waals surface area contributed by atoms with E-state index in [-0.39, 0.29) is 13.0 Å². The Morgan fingerprint density at radius 2 is 1.96 bits per heavy atom. The van der Waals surface area contributed by atoms with E-state index in [0.29, 0.717) is 16.5 Å². The molecule has 2 rings (SSSR count). The largest absolute Gasteiger partial charge is 0.466 e. The van der Waals surface area contributed by atoms with Gasteiger partial charge in [-0.3, -0.25) is 19.4 Å². The molecule has 1 aromatic heterocycles. The fourth-order valence-corrected chi connectivity index (χ4v) is 2.61. The number of nitrogens with zero attached hydrogens (tertiary/aromatic N) is 1. The van der Waals surface area contributed by atoms with E-state index >= 15 is 0 Å². The third kappa shape index (κ3) is 4.53. The summed E-state index contributed by atoms with van der Waals surface area (Å²) >= 11 is 0. The van der Waals surface area contributed by atoms with Gasteiger partial charge in [-0.05, 0) is 25.0 Å². The lowest BCUT2D eigenvalue weighted by molar-refractivity contribution is -0.144. The highest BCUT2D eigenvalue weighted by Gasteiger charge is 2.28. The average Bonchev–Trinajstić information content (AvgIpc) is 2.58. The van der Waals surface area contributed by atoms with E-state index in [4.69, 9.17) is 10.5 Å². The SMILES string of the molecule is CCOC(=O)C[C@@H](C)[C@@H](NC(=O)c1ccnc2ccccc12)C(N)=O. The van der Waals surface area contributed by atoms with Gasteiger partial charge in [0.2, 0.25) is 5.91 Å². The maximum Gasteiger partial charge on any atom is 0.306 e. The summed E-state index contributed by atoms with van der Waals surface area (Å²) in [6, 6.07) is 7.79. The van der Waals surface area contributed by atoms with Gasteiger partial charge < -0.3 is 15.8 Å². The lowest BCUT2D eigenvalue weighted by atomic mass is 9.97. The number of nitrogens with one attached hydrogen (secondary N) is 1. The highest BCUT2D eigenvalue weighted by Crippen LogP contribution is 2.17. The molecule has 0 saturated carbocycles. The van der Waals surface area contributed by atoms with Crippen LogP contribution in [0.1, 0.15) is 30.6 Å². The molecule has 25 heavy (non-hydrogen) atoms. The number of carbonyl (C=O) groups excluding carboxylic acids is 3. The molecule has 0 saturated heterocycles. The van der Waals surface area contributed by atoms with E-state index in [1.807, 2.05) is 6.07 Å². The van der Waals surface area contributed by atoms with Crippen LogP contribution in [0, 0.1) is 5.92 Å². The minimum atomic E-state index is -0.983. The number of pyridine rings is 1. The first-order valence-electron chi connectivity index (χ1n) is 8.03. The van der Waals surface area contributed by atoms with Crippen molar-refractivity contribution in [2.45, 2.75) is 26.3 Å². The molecule has 0 aliphatic heterocycles. The fraction of sp³-hybridized carbons (Fsp3) is 0.333. The van der Waals surface area contributed by atoms with Gasteiger partial charge in [0.05, 0.1) is 24.1 Å². The van der Waals surface area contributed by atoms with Crippen molar-refractivity contribution in [3.8, 4) is 0 Å². The number of hydrogen-bond donors (Lipinski definition) is 2. The van der Waals surface area contributed by atoms with Crippen molar-refractivity contribution in [2.75, 3.05) is 6.61 Å². The number of para-hydroxylation sites is 1. The van der Waals surface area contributed by atoms with Crippen LogP contribution in [0.4, 0.5) is 0 Å². The topological polar surface area (TPSA) is 111 Å². The molecular formula is C18H21N3O4. The van der Waals surface area contributed by atoms with Gasteiger partial charge in [-0.2, -0.15) is 0 Å². The van der Waals surface area contributed by atoms with Crippen molar-refractivity contribution in [3.63, 3.8) is 0 Å². The number of ether oxygens (including phenoxy) is 1. The number of benzene rings is 1. The first kappa shape index (κ1) is 18.4. The number of carbonyl (C=O) groups is 3. The molecular weight excluding hydrogens is 322 g/mol. The molecule has 2 amide bonds. The quantitative estimate of drug-likeness (QED) is 0.738. The second-order valence-corrected chi connectivity index (χ2v) is 5.72. The molecule has 1 aromatic carbocycles. The Morgan fingerprint density at radius 1 is 1.24 bits per heavy atom. The Morgan fingerprint density at radius 3 is 2.64 bits per heavy atom. The smallest absolute Gasteiger partial charge is 0.306 e. The summed E-state index contributed by atoms with van der Waals surface area (Å²) in [4.78, 5) is 40.2. The zero-order chi connectivity index (χ0) is 18.4. The summed E-state index contributed by atoms with van der Waals surface area (Å²) in [7, 11) is 0. The maximum atomic E-state index is 12.6. The molecule has 0 aliphatic carbocycles. The highest BCUT2D eigenvalue weighted by atomic mass is 16.5. The number of primary amides is 1. The van der Waals surface area contributed by atoms with Gasteiger partial charge in [0.15, 0.2) is 0 Å². The number of fused-ring (bicyclic) bond motifs is 1. The Bertz CT molecular complexity index is 785. The number of rotatable bonds is 7. The van der Waals surface area contributed by atoms with E-state index in [2.05, 4.69) is 10.3 Å². The number of aromatic nitrogens is 1. The molecule has 0 unspecified atom stereocenters. The average molecular weight is 343 g/mol. The van der Waals surface area contributed by atoms with E-state index in [1.54, 1.807) is 38.1 Å². The molecule has 0 spiro atoms. The number of amides is 2. The molecule has 1 heterocycles. The predicted molar refractivity (Wildman–Crippen MR) is 92.6 cm³/mol. The monoisotopic (exact) mass is 343 g/mol. The Kier molecular flexibility index (Phi) is 6.05. The molecule has 7 nitrogen and oxygen atoms in total. The summed E-state index contributed by atoms with van der Waals surface area (Å²) < 4.78 is 4.88. The molecule has 3 N–H and O–H groups in total. The minimum absolute atomic E-state index is 0.0151. The molecule has 132 valence electrons. The minimum Gasteiger partial charge on any atom is -0.466 e. The van der Waals surface area contributed by atoms with Gasteiger partial charge in [-0.1, -0.05) is 25.1 Å². The summed E-state index contributed by atoms with van der Waals surface area (Å²) in [6.07, 6.45) is 1.51. The van der Waals surface area contributed by atoms with Gasteiger partial charge in [-0.15, -0.1) is 0 Å². The number of hydrogen-bond acceptors (Lipinski definition) is 5. The van der Waals surface area contributed by atoms with Crippen molar-refractivity contribution >= 4 is 28.7 Å². The van der Waals surface area contributed by atoms with Crippen LogP contribution in [0.15, 0.2) is 36.5 Å². The van der Waals surface area contributed by atoms with Gasteiger partial charge >= 0.3 is 5.97 Å². The normalized spacial score (nSPS) is 13.0. The van der Waals surface area contributed by atoms with E-state index in [1.165, 1.54) is 6.20 Å². The summed E-state index contributed by atoms with van der Waals surface area (Å²) in [5.41, 5.74) is 6.47. The van der Waals surface area contributed by atoms with Crippen LogP contribution in [0.2, 0.25) is 0 Å². The number of nitrogens with two attached hydrogens (primary N) is 1. The lowest BCUT2D eigenvalue weighted by Crippen LogP contribution is -2.49. The molecule has 2 atom stereocenters. The third-order valence-electron chi connectivity index (χ3n) is 3.85. The predicted octanol–water partition coefficient (Wildman–Crippen LogP) is 1.41. The van der Waals surface area contributed by atoms with Crippen LogP contribution in [0.5, 0.6) is 0 Å². The van der Waals surface area contributed by atoms with Gasteiger partial charge in [0.25, 0.3) is 5.91 Å². The van der Waals surface area contributed by atoms with Crippen LogP contribution in [-0.2, 0) is 14.3 Å². The van der Waals surface area contributed by atoms with Crippen LogP contribution in [0.25, 0.3) is 10.9 Å². The second-order valence-electron chi connectivity index (χ2n) is 5.72. The molecule has 0 fully saturated rings. The lowest BCUT2D eigenvalue weighted by Gasteiger charge is -2.22. The van der Waals surface area contributed by atoms with Crippen LogP contribution < -0.4 is 11.1 Å². The third-order valence-corrected chi connectivity index (χ3v) is 3.85. The maximum absolute atomic E-state index is 12.6.